The van der Waals surface area contributed by atoms with Crippen molar-refractivity contribution in [2.75, 3.05) is 13.2 Å². The van der Waals surface area contributed by atoms with Crippen LogP contribution in [0.4, 0.5) is 4.39 Å². The molecule has 0 amide bonds. The minimum absolute atomic E-state index is 0.115. The molecule has 0 saturated heterocycles. The molecule has 0 atom stereocenters. The molecule has 4 heteroatoms. The molecule has 3 nitrogen and oxygen atoms in total. The number of aliphatic hydroxyl groups excluding tert-OH is 1. The second-order valence-electron chi connectivity index (χ2n) is 4.43. The molecule has 2 rings (SSSR count). The van der Waals surface area contributed by atoms with Crippen LogP contribution in [0.2, 0.25) is 0 Å². The molecule has 0 unspecified atom stereocenters. The third kappa shape index (κ3) is 4.33. The van der Waals surface area contributed by atoms with Gasteiger partial charge in [-0.05, 0) is 23.8 Å². The SMILES string of the molecule is OCCNCc1cccc(OCc2ccccc2F)c1. The van der Waals surface area contributed by atoms with Crippen molar-refractivity contribution >= 4 is 0 Å². The Morgan fingerprint density at radius 1 is 1.10 bits per heavy atom. The van der Waals surface area contributed by atoms with Gasteiger partial charge >= 0.3 is 0 Å². The topological polar surface area (TPSA) is 41.5 Å². The van der Waals surface area contributed by atoms with E-state index < -0.39 is 0 Å². The first kappa shape index (κ1) is 14.5. The Hall–Kier alpha value is -1.91. The van der Waals surface area contributed by atoms with E-state index in [-0.39, 0.29) is 19.0 Å². The number of halogens is 1. The van der Waals surface area contributed by atoms with Crippen molar-refractivity contribution in [3.05, 3.63) is 65.5 Å². The lowest BCUT2D eigenvalue weighted by Gasteiger charge is -2.09. The Balaban J connectivity index is 1.93. The number of rotatable bonds is 7. The maximum absolute atomic E-state index is 13.5. The van der Waals surface area contributed by atoms with E-state index in [1.165, 1.54) is 6.07 Å². The maximum Gasteiger partial charge on any atom is 0.129 e. The first-order chi connectivity index (χ1) is 9.79. The molecular formula is C16H18FNO2. The average molecular weight is 275 g/mol. The van der Waals surface area contributed by atoms with E-state index in [4.69, 9.17) is 9.84 Å². The molecule has 2 aromatic rings. The molecule has 0 fully saturated rings. The second-order valence-corrected chi connectivity index (χ2v) is 4.43. The van der Waals surface area contributed by atoms with Crippen molar-refractivity contribution in [3.63, 3.8) is 0 Å². The molecule has 0 aromatic heterocycles. The van der Waals surface area contributed by atoms with Gasteiger partial charge in [-0.25, -0.2) is 4.39 Å². The van der Waals surface area contributed by atoms with Gasteiger partial charge in [0.25, 0.3) is 0 Å². The van der Waals surface area contributed by atoms with Gasteiger partial charge in [-0.3, -0.25) is 0 Å². The fourth-order valence-electron chi connectivity index (χ4n) is 1.83. The maximum atomic E-state index is 13.5. The van der Waals surface area contributed by atoms with Crippen LogP contribution in [0.25, 0.3) is 0 Å². The molecule has 2 aromatic carbocycles. The number of ether oxygens (including phenoxy) is 1. The van der Waals surface area contributed by atoms with E-state index in [1.54, 1.807) is 18.2 Å². The van der Waals surface area contributed by atoms with E-state index in [1.807, 2.05) is 24.3 Å². The van der Waals surface area contributed by atoms with Crippen molar-refractivity contribution in [1.29, 1.82) is 0 Å². The third-order valence-electron chi connectivity index (χ3n) is 2.87. The molecule has 20 heavy (non-hydrogen) atoms. The Labute approximate surface area is 118 Å². The lowest BCUT2D eigenvalue weighted by molar-refractivity contribution is 0.291. The van der Waals surface area contributed by atoms with Crippen molar-refractivity contribution in [3.8, 4) is 5.75 Å². The lowest BCUT2D eigenvalue weighted by Crippen LogP contribution is -2.17. The summed E-state index contributed by atoms with van der Waals surface area (Å²) in [5.74, 6) is 0.449. The lowest BCUT2D eigenvalue weighted by atomic mass is 10.2. The molecule has 0 aliphatic rings. The van der Waals surface area contributed by atoms with Gasteiger partial charge in [0.15, 0.2) is 0 Å². The predicted molar refractivity (Wildman–Crippen MR) is 76.0 cm³/mol. The third-order valence-corrected chi connectivity index (χ3v) is 2.87. The zero-order valence-corrected chi connectivity index (χ0v) is 11.2. The van der Waals surface area contributed by atoms with Gasteiger partial charge in [0.05, 0.1) is 6.61 Å². The van der Waals surface area contributed by atoms with E-state index >= 15 is 0 Å². The first-order valence-corrected chi connectivity index (χ1v) is 6.56. The number of hydrogen-bond donors (Lipinski definition) is 2. The summed E-state index contributed by atoms with van der Waals surface area (Å²) in [6.07, 6.45) is 0. The molecule has 0 aliphatic carbocycles. The molecule has 0 saturated carbocycles. The highest BCUT2D eigenvalue weighted by molar-refractivity contribution is 5.29. The van der Waals surface area contributed by atoms with E-state index in [2.05, 4.69) is 5.32 Å². The molecule has 0 aliphatic heterocycles. The largest absolute Gasteiger partial charge is 0.489 e. The van der Waals surface area contributed by atoms with E-state index in [0.717, 1.165) is 5.56 Å². The minimum Gasteiger partial charge on any atom is -0.489 e. The quantitative estimate of drug-likeness (QED) is 0.763. The number of nitrogens with one attached hydrogen (secondary N) is 1. The van der Waals surface area contributed by atoms with Crippen LogP contribution in [0.5, 0.6) is 5.75 Å². The highest BCUT2D eigenvalue weighted by Gasteiger charge is 2.02. The van der Waals surface area contributed by atoms with Gasteiger partial charge in [-0.1, -0.05) is 30.3 Å². The molecule has 0 radical (unpaired) electrons. The number of hydrogen-bond acceptors (Lipinski definition) is 3. The fraction of sp³-hybridized carbons (Fsp3) is 0.250. The standard InChI is InChI=1S/C16H18FNO2/c17-16-7-2-1-5-14(16)12-20-15-6-3-4-13(10-15)11-18-8-9-19/h1-7,10,18-19H,8-9,11-12H2. The van der Waals surface area contributed by atoms with Crippen molar-refractivity contribution in [2.24, 2.45) is 0 Å². The van der Waals surface area contributed by atoms with Gasteiger partial charge in [0, 0.05) is 18.7 Å². The first-order valence-electron chi connectivity index (χ1n) is 6.56. The Kier molecular flexibility index (Phi) is 5.53. The van der Waals surface area contributed by atoms with Gasteiger partial charge < -0.3 is 15.2 Å². The molecule has 106 valence electrons. The minimum atomic E-state index is -0.256. The summed E-state index contributed by atoms with van der Waals surface area (Å²) in [7, 11) is 0. The summed E-state index contributed by atoms with van der Waals surface area (Å²) in [5, 5.41) is 11.8. The summed E-state index contributed by atoms with van der Waals surface area (Å²) in [6, 6.07) is 14.2. The summed E-state index contributed by atoms with van der Waals surface area (Å²) in [4.78, 5) is 0. The normalized spacial score (nSPS) is 10.5. The Morgan fingerprint density at radius 2 is 1.95 bits per heavy atom. The van der Waals surface area contributed by atoms with Crippen LogP contribution < -0.4 is 10.1 Å². The number of aliphatic hydroxyl groups is 1. The molecule has 0 bridgehead atoms. The van der Waals surface area contributed by atoms with Crippen LogP contribution >= 0.6 is 0 Å². The summed E-state index contributed by atoms with van der Waals surface area (Å²) in [5.41, 5.74) is 1.60. The van der Waals surface area contributed by atoms with E-state index in [9.17, 15) is 4.39 Å². The van der Waals surface area contributed by atoms with Gasteiger partial charge in [-0.2, -0.15) is 0 Å². The molecule has 0 spiro atoms. The highest BCUT2D eigenvalue weighted by atomic mass is 19.1. The van der Waals surface area contributed by atoms with Crippen LogP contribution in [0.15, 0.2) is 48.5 Å². The highest BCUT2D eigenvalue weighted by Crippen LogP contribution is 2.16. The van der Waals surface area contributed by atoms with Gasteiger partial charge in [0.1, 0.15) is 18.2 Å². The fourth-order valence-corrected chi connectivity index (χ4v) is 1.83. The van der Waals surface area contributed by atoms with Crippen LogP contribution in [-0.4, -0.2) is 18.3 Å². The van der Waals surface area contributed by atoms with Crippen LogP contribution in [0.1, 0.15) is 11.1 Å². The van der Waals surface area contributed by atoms with Crippen LogP contribution in [0.3, 0.4) is 0 Å². The van der Waals surface area contributed by atoms with Crippen molar-refractivity contribution < 1.29 is 14.2 Å². The second kappa shape index (κ2) is 7.62. The average Bonchev–Trinajstić information content (AvgIpc) is 2.47. The van der Waals surface area contributed by atoms with E-state index in [0.29, 0.717) is 24.4 Å². The van der Waals surface area contributed by atoms with Gasteiger partial charge in [-0.15, -0.1) is 0 Å². The molecular weight excluding hydrogens is 257 g/mol. The summed E-state index contributed by atoms with van der Waals surface area (Å²) < 4.78 is 19.1. The summed E-state index contributed by atoms with van der Waals surface area (Å²) >= 11 is 0. The Bertz CT molecular complexity index is 546. The number of benzene rings is 2. The zero-order chi connectivity index (χ0) is 14.2. The molecule has 0 heterocycles. The summed E-state index contributed by atoms with van der Waals surface area (Å²) in [6.45, 7) is 1.54. The van der Waals surface area contributed by atoms with Crippen molar-refractivity contribution in [2.45, 2.75) is 13.2 Å². The molecule has 2 N–H and O–H groups in total. The van der Waals surface area contributed by atoms with Crippen LogP contribution in [0, 0.1) is 5.82 Å². The predicted octanol–water partition coefficient (Wildman–Crippen LogP) is 2.49. The Morgan fingerprint density at radius 3 is 2.75 bits per heavy atom. The van der Waals surface area contributed by atoms with Crippen molar-refractivity contribution in [1.82, 2.24) is 5.32 Å². The van der Waals surface area contributed by atoms with Crippen LogP contribution in [-0.2, 0) is 13.2 Å². The smallest absolute Gasteiger partial charge is 0.129 e. The monoisotopic (exact) mass is 275 g/mol. The van der Waals surface area contributed by atoms with Gasteiger partial charge in [0.2, 0.25) is 0 Å². The zero-order valence-electron chi connectivity index (χ0n) is 11.2.